The fourth-order valence-corrected chi connectivity index (χ4v) is 3.94. The van der Waals surface area contributed by atoms with Crippen LogP contribution in [0.25, 0.3) is 11.0 Å². The second-order valence-electron chi connectivity index (χ2n) is 10.00. The van der Waals surface area contributed by atoms with Crippen LogP contribution in [0.2, 0.25) is 0 Å². The second-order valence-corrected chi connectivity index (χ2v) is 10.00. The van der Waals surface area contributed by atoms with Gasteiger partial charge < -0.3 is 19.8 Å². The quantitative estimate of drug-likeness (QED) is 0.307. The second kappa shape index (κ2) is 11.0. The minimum absolute atomic E-state index is 0.0632. The van der Waals surface area contributed by atoms with Gasteiger partial charge in [0.05, 0.1) is 29.0 Å². The number of imidazole rings is 2. The van der Waals surface area contributed by atoms with Gasteiger partial charge in [0.2, 0.25) is 11.9 Å². The summed E-state index contributed by atoms with van der Waals surface area (Å²) in [6.07, 6.45) is 6.60. The maximum atomic E-state index is 12.8. The Morgan fingerprint density at radius 3 is 2.43 bits per heavy atom. The van der Waals surface area contributed by atoms with Gasteiger partial charge in [-0.3, -0.25) is 10.1 Å². The molecule has 0 spiro atoms. The first-order valence-corrected chi connectivity index (χ1v) is 12.0. The van der Waals surface area contributed by atoms with Crippen LogP contribution in [-0.4, -0.2) is 31.0 Å². The average molecular weight is 499 g/mol. The molecule has 4 rings (SSSR count). The summed E-state index contributed by atoms with van der Waals surface area (Å²) < 4.78 is 3.94. The molecule has 4 aromatic rings. The van der Waals surface area contributed by atoms with Crippen molar-refractivity contribution in [1.82, 2.24) is 19.1 Å². The Morgan fingerprint density at radius 1 is 1.00 bits per heavy atom. The fourth-order valence-electron chi connectivity index (χ4n) is 3.94. The molecule has 0 saturated heterocycles. The van der Waals surface area contributed by atoms with Crippen LogP contribution in [0.1, 0.15) is 39.2 Å². The largest absolute Gasteiger partial charge is 0.337 e. The number of aromatic nitrogens is 4. The molecule has 37 heavy (non-hydrogen) atoms. The number of carbonyl (C=O) groups is 2. The first kappa shape index (κ1) is 25.4. The molecule has 0 saturated carbocycles. The number of hydrogen-bond acceptors (Lipinski definition) is 5. The van der Waals surface area contributed by atoms with E-state index in [4.69, 9.17) is 5.26 Å². The molecule has 0 aliphatic carbocycles. The van der Waals surface area contributed by atoms with Crippen LogP contribution in [0, 0.1) is 16.7 Å². The van der Waals surface area contributed by atoms with Gasteiger partial charge in [-0.05, 0) is 54.3 Å². The molecule has 3 amide bonds. The number of carbonyl (C=O) groups excluding carboxylic acids is 2. The van der Waals surface area contributed by atoms with Crippen molar-refractivity contribution in [2.45, 2.75) is 46.7 Å². The predicted molar refractivity (Wildman–Crippen MR) is 143 cm³/mol. The molecule has 0 aliphatic heterocycles. The van der Waals surface area contributed by atoms with E-state index in [1.165, 1.54) is 0 Å². The number of benzene rings is 2. The molecule has 0 atom stereocenters. The zero-order chi connectivity index (χ0) is 26.4. The maximum Gasteiger partial charge on any atom is 0.326 e. The Hall–Kier alpha value is -4.65. The average Bonchev–Trinajstić information content (AvgIpc) is 3.46. The molecular formula is C27H30N8O2. The summed E-state index contributed by atoms with van der Waals surface area (Å²) in [5.41, 5.74) is 3.10. The number of aryl methyl sites for hydroxylation is 2. The summed E-state index contributed by atoms with van der Waals surface area (Å²) in [4.78, 5) is 33.9. The molecule has 3 N–H and O–H groups in total. The van der Waals surface area contributed by atoms with Gasteiger partial charge in [0.15, 0.2) is 0 Å². The molecule has 0 unspecified atom stereocenters. The summed E-state index contributed by atoms with van der Waals surface area (Å²) in [5.74, 6) is 0.330. The number of urea groups is 1. The third-order valence-electron chi connectivity index (χ3n) is 5.58. The van der Waals surface area contributed by atoms with Crippen LogP contribution in [-0.2, 0) is 17.9 Å². The molecule has 0 fully saturated rings. The molecule has 0 radical (unpaired) electrons. The SMILES string of the molecule is CC(C)(C)CC(=O)Nc1ccc2c(c1)nc(NC(=O)Nc1ccc(C#N)cc1)n2CCCn1ccnc1. The minimum Gasteiger partial charge on any atom is -0.337 e. The Bertz CT molecular complexity index is 1420. The zero-order valence-electron chi connectivity index (χ0n) is 21.2. The van der Waals surface area contributed by atoms with Gasteiger partial charge in [0, 0.05) is 43.3 Å². The lowest BCUT2D eigenvalue weighted by molar-refractivity contribution is -0.117. The lowest BCUT2D eigenvalue weighted by atomic mass is 9.92. The summed E-state index contributed by atoms with van der Waals surface area (Å²) in [7, 11) is 0. The molecule has 0 bridgehead atoms. The van der Waals surface area contributed by atoms with Crippen molar-refractivity contribution in [1.29, 1.82) is 5.26 Å². The fraction of sp³-hybridized carbons (Fsp3) is 0.296. The van der Waals surface area contributed by atoms with Crippen LogP contribution in [0.5, 0.6) is 0 Å². The van der Waals surface area contributed by atoms with Crippen molar-refractivity contribution in [3.8, 4) is 6.07 Å². The number of hydrogen-bond donors (Lipinski definition) is 3. The summed E-state index contributed by atoms with van der Waals surface area (Å²) >= 11 is 0. The number of fused-ring (bicyclic) bond motifs is 1. The van der Waals surface area contributed by atoms with Crippen molar-refractivity contribution >= 4 is 40.3 Å². The van der Waals surface area contributed by atoms with Crippen LogP contribution in [0.3, 0.4) is 0 Å². The van der Waals surface area contributed by atoms with E-state index in [-0.39, 0.29) is 11.3 Å². The monoisotopic (exact) mass is 498 g/mol. The standard InChI is InChI=1S/C27H30N8O2/c1-27(2,3)16-24(36)30-21-9-10-23-22(15-21)32-25(35(23)13-4-12-34-14-11-29-18-34)33-26(37)31-20-7-5-19(17-28)6-8-20/h5-11,14-15,18H,4,12-13,16H2,1-3H3,(H,30,36)(H2,31,32,33,37). The van der Waals surface area contributed by atoms with Gasteiger partial charge >= 0.3 is 6.03 Å². The Morgan fingerprint density at radius 2 is 1.76 bits per heavy atom. The number of nitrogens with one attached hydrogen (secondary N) is 3. The highest BCUT2D eigenvalue weighted by Gasteiger charge is 2.18. The topological polar surface area (TPSA) is 130 Å². The molecule has 0 aliphatic rings. The highest BCUT2D eigenvalue weighted by atomic mass is 16.2. The number of nitrogens with zero attached hydrogens (tertiary/aromatic N) is 5. The summed E-state index contributed by atoms with van der Waals surface area (Å²) in [5, 5.41) is 17.5. The molecule has 10 heteroatoms. The van der Waals surface area contributed by atoms with Gasteiger partial charge in [-0.1, -0.05) is 20.8 Å². The number of nitriles is 1. The van der Waals surface area contributed by atoms with E-state index < -0.39 is 6.03 Å². The van der Waals surface area contributed by atoms with E-state index in [0.717, 1.165) is 18.5 Å². The molecule has 2 aromatic carbocycles. The predicted octanol–water partition coefficient (Wildman–Crippen LogP) is 5.21. The lowest BCUT2D eigenvalue weighted by Crippen LogP contribution is -2.22. The number of amides is 3. The molecule has 2 heterocycles. The maximum absolute atomic E-state index is 12.8. The molecule has 2 aromatic heterocycles. The van der Waals surface area contributed by atoms with Crippen LogP contribution >= 0.6 is 0 Å². The minimum atomic E-state index is -0.449. The van der Waals surface area contributed by atoms with Crippen LogP contribution in [0.4, 0.5) is 22.1 Å². The van der Waals surface area contributed by atoms with Crippen molar-refractivity contribution in [2.75, 3.05) is 16.0 Å². The van der Waals surface area contributed by atoms with Gasteiger partial charge in [-0.15, -0.1) is 0 Å². The van der Waals surface area contributed by atoms with E-state index in [1.54, 1.807) is 36.8 Å². The normalized spacial score (nSPS) is 11.2. The first-order valence-electron chi connectivity index (χ1n) is 12.0. The van der Waals surface area contributed by atoms with Gasteiger partial charge in [-0.25, -0.2) is 14.8 Å². The zero-order valence-corrected chi connectivity index (χ0v) is 21.2. The van der Waals surface area contributed by atoms with E-state index in [1.807, 2.05) is 54.3 Å². The first-order chi connectivity index (χ1) is 17.7. The summed E-state index contributed by atoms with van der Waals surface area (Å²) in [6, 6.07) is 13.8. The van der Waals surface area contributed by atoms with Crippen LogP contribution < -0.4 is 16.0 Å². The van der Waals surface area contributed by atoms with E-state index in [2.05, 4.69) is 32.0 Å². The van der Waals surface area contributed by atoms with Gasteiger partial charge in [0.25, 0.3) is 0 Å². The van der Waals surface area contributed by atoms with E-state index in [9.17, 15) is 9.59 Å². The van der Waals surface area contributed by atoms with E-state index in [0.29, 0.717) is 41.4 Å². The number of rotatable bonds is 8. The van der Waals surface area contributed by atoms with Gasteiger partial charge in [-0.2, -0.15) is 5.26 Å². The molecule has 10 nitrogen and oxygen atoms in total. The Labute approximate surface area is 215 Å². The third-order valence-corrected chi connectivity index (χ3v) is 5.58. The lowest BCUT2D eigenvalue weighted by Gasteiger charge is -2.17. The van der Waals surface area contributed by atoms with Crippen molar-refractivity contribution in [3.63, 3.8) is 0 Å². The third kappa shape index (κ3) is 6.95. The summed E-state index contributed by atoms with van der Waals surface area (Å²) in [6.45, 7) is 7.42. The highest BCUT2D eigenvalue weighted by Crippen LogP contribution is 2.25. The van der Waals surface area contributed by atoms with Crippen molar-refractivity contribution in [2.24, 2.45) is 5.41 Å². The van der Waals surface area contributed by atoms with Crippen LogP contribution in [0.15, 0.2) is 61.2 Å². The molecule has 190 valence electrons. The van der Waals surface area contributed by atoms with Crippen molar-refractivity contribution < 1.29 is 9.59 Å². The Balaban J connectivity index is 1.54. The van der Waals surface area contributed by atoms with Gasteiger partial charge in [0.1, 0.15) is 0 Å². The number of anilines is 3. The van der Waals surface area contributed by atoms with E-state index >= 15 is 0 Å². The highest BCUT2D eigenvalue weighted by molar-refractivity contribution is 6.00. The van der Waals surface area contributed by atoms with Crippen molar-refractivity contribution in [3.05, 3.63) is 66.7 Å². The molecular weight excluding hydrogens is 468 g/mol. The smallest absolute Gasteiger partial charge is 0.326 e. The Kier molecular flexibility index (Phi) is 7.53.